The third kappa shape index (κ3) is 3.08. The van der Waals surface area contributed by atoms with Crippen molar-refractivity contribution in [3.05, 3.63) is 5.82 Å². The highest BCUT2D eigenvalue weighted by atomic mass is 35.5. The molecule has 0 unspecified atom stereocenters. The third-order valence-corrected chi connectivity index (χ3v) is 1.14. The SMILES string of the molecule is C=O.CCn1nnc(CCl)n1. The van der Waals surface area contributed by atoms with Gasteiger partial charge < -0.3 is 4.79 Å². The van der Waals surface area contributed by atoms with E-state index in [4.69, 9.17) is 16.4 Å². The summed E-state index contributed by atoms with van der Waals surface area (Å²) >= 11 is 5.42. The van der Waals surface area contributed by atoms with Crippen molar-refractivity contribution in [2.75, 3.05) is 0 Å². The Morgan fingerprint density at radius 2 is 2.27 bits per heavy atom. The molecule has 0 saturated heterocycles. The zero-order valence-corrected chi connectivity index (χ0v) is 6.95. The summed E-state index contributed by atoms with van der Waals surface area (Å²) < 4.78 is 0. The maximum absolute atomic E-state index is 8.00. The molecule has 0 saturated carbocycles. The Balaban J connectivity index is 0.000000461. The molecule has 0 N–H and O–H groups in total. The zero-order chi connectivity index (χ0) is 8.69. The lowest BCUT2D eigenvalue weighted by atomic mass is 10.7. The fraction of sp³-hybridized carbons (Fsp3) is 0.600. The first-order valence-electron chi connectivity index (χ1n) is 2.98. The van der Waals surface area contributed by atoms with Gasteiger partial charge in [0, 0.05) is 0 Å². The van der Waals surface area contributed by atoms with Crippen LogP contribution in [0.25, 0.3) is 0 Å². The van der Waals surface area contributed by atoms with Crippen LogP contribution in [0.3, 0.4) is 0 Å². The molecule has 0 radical (unpaired) electrons. The Labute approximate surface area is 69.3 Å². The quantitative estimate of drug-likeness (QED) is 0.606. The first-order valence-corrected chi connectivity index (χ1v) is 3.51. The molecule has 0 atom stereocenters. The second kappa shape index (κ2) is 5.79. The van der Waals surface area contributed by atoms with Crippen molar-refractivity contribution in [1.82, 2.24) is 20.2 Å². The van der Waals surface area contributed by atoms with E-state index in [-0.39, 0.29) is 0 Å². The van der Waals surface area contributed by atoms with Crippen LogP contribution in [0.1, 0.15) is 12.7 Å². The summed E-state index contributed by atoms with van der Waals surface area (Å²) in [4.78, 5) is 9.50. The van der Waals surface area contributed by atoms with Gasteiger partial charge in [-0.2, -0.15) is 4.80 Å². The summed E-state index contributed by atoms with van der Waals surface area (Å²) in [6.45, 7) is 4.68. The molecule has 1 rings (SSSR count). The van der Waals surface area contributed by atoms with Crippen LogP contribution in [-0.4, -0.2) is 27.0 Å². The van der Waals surface area contributed by atoms with E-state index in [0.29, 0.717) is 11.7 Å². The van der Waals surface area contributed by atoms with E-state index >= 15 is 0 Å². The highest BCUT2D eigenvalue weighted by Crippen LogP contribution is 1.90. The van der Waals surface area contributed by atoms with Crippen LogP contribution in [0.2, 0.25) is 0 Å². The van der Waals surface area contributed by atoms with Gasteiger partial charge in [0.15, 0.2) is 5.82 Å². The lowest BCUT2D eigenvalue weighted by molar-refractivity contribution is -0.0979. The van der Waals surface area contributed by atoms with Crippen LogP contribution in [0.5, 0.6) is 0 Å². The van der Waals surface area contributed by atoms with Gasteiger partial charge in [0.1, 0.15) is 6.79 Å². The first-order chi connectivity index (χ1) is 5.36. The molecule has 0 aliphatic heterocycles. The van der Waals surface area contributed by atoms with Gasteiger partial charge in [-0.25, -0.2) is 0 Å². The second-order valence-electron chi connectivity index (χ2n) is 1.53. The van der Waals surface area contributed by atoms with Gasteiger partial charge >= 0.3 is 0 Å². The Morgan fingerprint density at radius 3 is 2.55 bits per heavy atom. The molecule has 0 aliphatic carbocycles. The van der Waals surface area contributed by atoms with Gasteiger partial charge in [-0.1, -0.05) is 0 Å². The number of tetrazole rings is 1. The number of halogens is 1. The minimum atomic E-state index is 0.333. The minimum Gasteiger partial charge on any atom is -0.307 e. The maximum Gasteiger partial charge on any atom is 0.189 e. The first kappa shape index (κ1) is 10.0. The lowest BCUT2D eigenvalue weighted by Gasteiger charge is -1.84. The van der Waals surface area contributed by atoms with Crippen molar-refractivity contribution in [3.8, 4) is 0 Å². The number of hydrogen-bond acceptors (Lipinski definition) is 4. The highest BCUT2D eigenvalue weighted by molar-refractivity contribution is 6.16. The number of aromatic nitrogens is 4. The summed E-state index contributed by atoms with van der Waals surface area (Å²) in [5, 5.41) is 11.3. The summed E-state index contributed by atoms with van der Waals surface area (Å²) in [7, 11) is 0. The molecule has 62 valence electrons. The van der Waals surface area contributed by atoms with E-state index < -0.39 is 0 Å². The minimum absolute atomic E-state index is 0.333. The van der Waals surface area contributed by atoms with Gasteiger partial charge in [-0.05, 0) is 12.1 Å². The normalized spacial score (nSPS) is 8.55. The molecular formula is C5H9ClN4O. The number of carbonyl (C=O) groups is 1. The standard InChI is InChI=1S/C4H7ClN4.CH2O/c1-2-9-7-4(3-5)6-8-9;1-2/h2-3H2,1H3;1H2. The van der Waals surface area contributed by atoms with Crippen LogP contribution in [-0.2, 0) is 17.2 Å². The average Bonchev–Trinajstić information content (AvgIpc) is 2.55. The molecule has 0 aliphatic rings. The van der Waals surface area contributed by atoms with Crippen molar-refractivity contribution in [2.45, 2.75) is 19.3 Å². The molecule has 0 amide bonds. The molecule has 6 heteroatoms. The molecule has 1 aromatic rings. The zero-order valence-electron chi connectivity index (χ0n) is 6.20. The Bertz CT molecular complexity index is 184. The van der Waals surface area contributed by atoms with Gasteiger partial charge in [0.2, 0.25) is 0 Å². The van der Waals surface area contributed by atoms with Crippen molar-refractivity contribution < 1.29 is 4.79 Å². The topological polar surface area (TPSA) is 60.7 Å². The molecule has 1 aromatic heterocycles. The van der Waals surface area contributed by atoms with Gasteiger partial charge in [0.25, 0.3) is 0 Å². The largest absolute Gasteiger partial charge is 0.307 e. The number of rotatable bonds is 2. The number of hydrogen-bond donors (Lipinski definition) is 0. The summed E-state index contributed by atoms with van der Waals surface area (Å²) in [6, 6.07) is 0. The summed E-state index contributed by atoms with van der Waals surface area (Å²) in [5.74, 6) is 0.915. The van der Waals surface area contributed by atoms with Crippen LogP contribution in [0.15, 0.2) is 0 Å². The molecule has 1 heterocycles. The van der Waals surface area contributed by atoms with Crippen LogP contribution >= 0.6 is 11.6 Å². The molecule has 0 fully saturated rings. The maximum atomic E-state index is 8.00. The van der Waals surface area contributed by atoms with Crippen molar-refractivity contribution in [1.29, 1.82) is 0 Å². The predicted octanol–water partition coefficient (Wildman–Crippen LogP) is 0.247. The Morgan fingerprint density at radius 1 is 1.64 bits per heavy atom. The monoisotopic (exact) mass is 176 g/mol. The fourth-order valence-corrected chi connectivity index (χ4v) is 0.571. The number of aryl methyl sites for hydroxylation is 1. The Hall–Kier alpha value is -0.970. The van der Waals surface area contributed by atoms with Crippen molar-refractivity contribution in [3.63, 3.8) is 0 Å². The van der Waals surface area contributed by atoms with Gasteiger partial charge in [-0.3, -0.25) is 0 Å². The summed E-state index contributed by atoms with van der Waals surface area (Å²) in [5.41, 5.74) is 0. The van der Waals surface area contributed by atoms with E-state index in [0.717, 1.165) is 6.54 Å². The van der Waals surface area contributed by atoms with Crippen molar-refractivity contribution >= 4 is 18.4 Å². The Kier molecular flexibility index (Phi) is 5.28. The highest BCUT2D eigenvalue weighted by Gasteiger charge is 1.96. The van der Waals surface area contributed by atoms with E-state index in [1.54, 1.807) is 0 Å². The third-order valence-electron chi connectivity index (χ3n) is 0.897. The lowest BCUT2D eigenvalue weighted by Crippen LogP contribution is -1.98. The van der Waals surface area contributed by atoms with Crippen LogP contribution < -0.4 is 0 Å². The summed E-state index contributed by atoms with van der Waals surface area (Å²) in [6.07, 6.45) is 0. The van der Waals surface area contributed by atoms with E-state index in [1.165, 1.54) is 4.80 Å². The molecule has 0 aromatic carbocycles. The second-order valence-corrected chi connectivity index (χ2v) is 1.80. The fourth-order valence-electron chi connectivity index (χ4n) is 0.464. The smallest absolute Gasteiger partial charge is 0.189 e. The predicted molar refractivity (Wildman–Crippen MR) is 40.2 cm³/mol. The number of nitrogens with zero attached hydrogens (tertiary/aromatic N) is 4. The molecular weight excluding hydrogens is 168 g/mol. The van der Waals surface area contributed by atoms with Crippen LogP contribution in [0.4, 0.5) is 0 Å². The number of alkyl halides is 1. The van der Waals surface area contributed by atoms with Gasteiger partial charge in [-0.15, -0.1) is 21.8 Å². The van der Waals surface area contributed by atoms with E-state index in [9.17, 15) is 0 Å². The molecule has 11 heavy (non-hydrogen) atoms. The van der Waals surface area contributed by atoms with Crippen LogP contribution in [0, 0.1) is 0 Å². The van der Waals surface area contributed by atoms with Gasteiger partial charge in [0.05, 0.1) is 12.4 Å². The number of carbonyl (C=O) groups excluding carboxylic acids is 1. The molecule has 0 bridgehead atoms. The molecule has 0 spiro atoms. The van der Waals surface area contributed by atoms with E-state index in [1.807, 2.05) is 13.7 Å². The van der Waals surface area contributed by atoms with E-state index in [2.05, 4.69) is 15.4 Å². The van der Waals surface area contributed by atoms with Crippen molar-refractivity contribution in [2.24, 2.45) is 0 Å². The average molecular weight is 177 g/mol. The molecule has 5 nitrogen and oxygen atoms in total.